The van der Waals surface area contributed by atoms with Gasteiger partial charge in [0, 0.05) is 24.2 Å². The zero-order chi connectivity index (χ0) is 14.8. The van der Waals surface area contributed by atoms with Crippen molar-refractivity contribution in [3.63, 3.8) is 0 Å². The molecule has 1 fully saturated rings. The van der Waals surface area contributed by atoms with Crippen LogP contribution in [0.2, 0.25) is 0 Å². The first-order valence-corrected chi connectivity index (χ1v) is 7.97. The summed E-state index contributed by atoms with van der Waals surface area (Å²) in [6.45, 7) is 3.38. The number of nitrogens with zero attached hydrogens (tertiary/aromatic N) is 1. The van der Waals surface area contributed by atoms with Gasteiger partial charge < -0.3 is 4.98 Å². The van der Waals surface area contributed by atoms with Gasteiger partial charge in [0.25, 0.3) is 5.56 Å². The average Bonchev–Trinajstić information content (AvgIpc) is 3.00. The Hall–Kier alpha value is -1.61. The highest BCUT2D eigenvalue weighted by molar-refractivity contribution is 5.84. The Kier molecular flexibility index (Phi) is 4.11. The first-order valence-electron chi connectivity index (χ1n) is 7.97. The number of nitrogens with one attached hydrogen (secondary N) is 1. The van der Waals surface area contributed by atoms with Crippen molar-refractivity contribution in [3.8, 4) is 0 Å². The quantitative estimate of drug-likeness (QED) is 0.929. The van der Waals surface area contributed by atoms with Crippen LogP contribution in [-0.2, 0) is 0 Å². The SMILES string of the molecule is CC(c1c[nH]c(=O)c2ccccc12)N(C)CC1CCCC1. The molecule has 1 N–H and O–H groups in total. The zero-order valence-corrected chi connectivity index (χ0v) is 12.9. The van der Waals surface area contributed by atoms with Crippen LogP contribution in [0.1, 0.15) is 44.2 Å². The van der Waals surface area contributed by atoms with Crippen molar-refractivity contribution in [3.05, 3.63) is 46.4 Å². The van der Waals surface area contributed by atoms with E-state index in [1.165, 1.54) is 31.2 Å². The number of aromatic amines is 1. The second kappa shape index (κ2) is 6.02. The van der Waals surface area contributed by atoms with Crippen LogP contribution in [0.25, 0.3) is 10.8 Å². The van der Waals surface area contributed by atoms with Crippen LogP contribution in [0, 0.1) is 5.92 Å². The molecule has 0 spiro atoms. The van der Waals surface area contributed by atoms with Crippen LogP contribution >= 0.6 is 0 Å². The Morgan fingerprint density at radius 1 is 1.24 bits per heavy atom. The summed E-state index contributed by atoms with van der Waals surface area (Å²) < 4.78 is 0. The van der Waals surface area contributed by atoms with Crippen LogP contribution in [-0.4, -0.2) is 23.5 Å². The molecule has 1 aromatic heterocycles. The van der Waals surface area contributed by atoms with Crippen molar-refractivity contribution < 1.29 is 0 Å². The maximum Gasteiger partial charge on any atom is 0.255 e. The van der Waals surface area contributed by atoms with E-state index in [2.05, 4.69) is 29.9 Å². The van der Waals surface area contributed by atoms with Gasteiger partial charge in [0.05, 0.1) is 0 Å². The number of H-pyrrole nitrogens is 1. The van der Waals surface area contributed by atoms with Gasteiger partial charge in [-0.15, -0.1) is 0 Å². The fraction of sp³-hybridized carbons (Fsp3) is 0.500. The van der Waals surface area contributed by atoms with E-state index in [-0.39, 0.29) is 5.56 Å². The Labute approximate surface area is 126 Å². The van der Waals surface area contributed by atoms with Crippen LogP contribution in [0.3, 0.4) is 0 Å². The number of fused-ring (bicyclic) bond motifs is 1. The fourth-order valence-corrected chi connectivity index (χ4v) is 3.57. The third kappa shape index (κ3) is 2.88. The van der Waals surface area contributed by atoms with Crippen molar-refractivity contribution in [1.82, 2.24) is 9.88 Å². The predicted octanol–water partition coefficient (Wildman–Crippen LogP) is 3.71. The minimum absolute atomic E-state index is 0.00000373. The summed E-state index contributed by atoms with van der Waals surface area (Å²) in [5.41, 5.74) is 1.21. The van der Waals surface area contributed by atoms with E-state index in [0.717, 1.165) is 23.2 Å². The first-order chi connectivity index (χ1) is 10.2. The molecular formula is C18H24N2O. The summed E-state index contributed by atoms with van der Waals surface area (Å²) in [6.07, 6.45) is 7.39. The van der Waals surface area contributed by atoms with Crippen molar-refractivity contribution in [2.45, 2.75) is 38.6 Å². The molecule has 1 heterocycles. The molecule has 3 heteroatoms. The standard InChI is InChI=1S/C18H24N2O/c1-13(20(2)12-14-7-3-4-8-14)17-11-19-18(21)16-10-6-5-9-15(16)17/h5-6,9-11,13-14H,3-4,7-8,12H2,1-2H3,(H,19,21). The minimum Gasteiger partial charge on any atom is -0.328 e. The molecule has 0 amide bonds. The van der Waals surface area contributed by atoms with Gasteiger partial charge >= 0.3 is 0 Å². The summed E-state index contributed by atoms with van der Waals surface area (Å²) in [4.78, 5) is 17.2. The summed E-state index contributed by atoms with van der Waals surface area (Å²) in [6, 6.07) is 8.21. The van der Waals surface area contributed by atoms with Crippen molar-refractivity contribution in [2.24, 2.45) is 5.92 Å². The van der Waals surface area contributed by atoms with E-state index >= 15 is 0 Å². The average molecular weight is 284 g/mol. The van der Waals surface area contributed by atoms with Gasteiger partial charge in [0.2, 0.25) is 0 Å². The van der Waals surface area contributed by atoms with Crippen LogP contribution < -0.4 is 5.56 Å². The van der Waals surface area contributed by atoms with Gasteiger partial charge in [-0.05, 0) is 49.7 Å². The minimum atomic E-state index is -0.00000373. The third-order valence-corrected chi connectivity index (χ3v) is 4.97. The highest BCUT2D eigenvalue weighted by atomic mass is 16.1. The topological polar surface area (TPSA) is 36.1 Å². The normalized spacial score (nSPS) is 17.7. The van der Waals surface area contributed by atoms with E-state index in [0.29, 0.717) is 6.04 Å². The molecule has 1 saturated carbocycles. The van der Waals surface area contributed by atoms with Crippen molar-refractivity contribution in [2.75, 3.05) is 13.6 Å². The number of hydrogen-bond acceptors (Lipinski definition) is 2. The first kappa shape index (κ1) is 14.3. The van der Waals surface area contributed by atoms with Crippen LogP contribution in [0.15, 0.2) is 35.3 Å². The molecule has 0 aliphatic heterocycles. The number of pyridine rings is 1. The maximum atomic E-state index is 11.9. The molecule has 0 saturated heterocycles. The number of hydrogen-bond donors (Lipinski definition) is 1. The Morgan fingerprint density at radius 3 is 2.62 bits per heavy atom. The highest BCUT2D eigenvalue weighted by Crippen LogP contribution is 2.29. The molecule has 21 heavy (non-hydrogen) atoms. The van der Waals surface area contributed by atoms with Gasteiger partial charge in [-0.2, -0.15) is 0 Å². The highest BCUT2D eigenvalue weighted by Gasteiger charge is 2.21. The molecule has 1 aliphatic rings. The summed E-state index contributed by atoms with van der Waals surface area (Å²) >= 11 is 0. The number of rotatable bonds is 4. The molecule has 2 aromatic rings. The second-order valence-electron chi connectivity index (χ2n) is 6.38. The van der Waals surface area contributed by atoms with Gasteiger partial charge in [0.1, 0.15) is 0 Å². The lowest BCUT2D eigenvalue weighted by Crippen LogP contribution is -2.28. The Morgan fingerprint density at radius 2 is 1.90 bits per heavy atom. The van der Waals surface area contributed by atoms with Crippen LogP contribution in [0.4, 0.5) is 0 Å². The van der Waals surface area contributed by atoms with E-state index in [4.69, 9.17) is 0 Å². The van der Waals surface area contributed by atoms with E-state index in [1.54, 1.807) is 0 Å². The van der Waals surface area contributed by atoms with Gasteiger partial charge in [-0.25, -0.2) is 0 Å². The molecular weight excluding hydrogens is 260 g/mol. The van der Waals surface area contributed by atoms with E-state index in [1.807, 2.05) is 24.4 Å². The summed E-state index contributed by atoms with van der Waals surface area (Å²) in [5.74, 6) is 0.839. The third-order valence-electron chi connectivity index (χ3n) is 4.97. The Balaban J connectivity index is 1.88. The maximum absolute atomic E-state index is 11.9. The van der Waals surface area contributed by atoms with E-state index < -0.39 is 0 Å². The molecule has 3 rings (SSSR count). The molecule has 112 valence electrons. The summed E-state index contributed by atoms with van der Waals surface area (Å²) in [7, 11) is 2.20. The molecule has 1 unspecified atom stereocenters. The summed E-state index contributed by atoms with van der Waals surface area (Å²) in [5, 5.41) is 1.86. The number of aromatic nitrogens is 1. The monoisotopic (exact) mass is 284 g/mol. The molecule has 1 aromatic carbocycles. The lowest BCUT2D eigenvalue weighted by Gasteiger charge is -2.28. The lowest BCUT2D eigenvalue weighted by molar-refractivity contribution is 0.222. The number of benzene rings is 1. The van der Waals surface area contributed by atoms with Gasteiger partial charge in [-0.1, -0.05) is 31.0 Å². The molecule has 0 bridgehead atoms. The van der Waals surface area contributed by atoms with Gasteiger partial charge in [-0.3, -0.25) is 9.69 Å². The molecule has 0 radical (unpaired) electrons. The van der Waals surface area contributed by atoms with Crippen molar-refractivity contribution >= 4 is 10.8 Å². The predicted molar refractivity (Wildman–Crippen MR) is 87.6 cm³/mol. The molecule has 3 nitrogen and oxygen atoms in total. The lowest BCUT2D eigenvalue weighted by atomic mass is 10.00. The fourth-order valence-electron chi connectivity index (χ4n) is 3.57. The zero-order valence-electron chi connectivity index (χ0n) is 12.9. The van der Waals surface area contributed by atoms with Crippen molar-refractivity contribution in [1.29, 1.82) is 0 Å². The molecule has 1 atom stereocenters. The van der Waals surface area contributed by atoms with Gasteiger partial charge in [0.15, 0.2) is 0 Å². The smallest absolute Gasteiger partial charge is 0.255 e. The van der Waals surface area contributed by atoms with E-state index in [9.17, 15) is 4.79 Å². The Bertz CT molecular complexity index is 670. The molecule has 1 aliphatic carbocycles. The van der Waals surface area contributed by atoms with Crippen LogP contribution in [0.5, 0.6) is 0 Å². The second-order valence-corrected chi connectivity index (χ2v) is 6.38. The largest absolute Gasteiger partial charge is 0.328 e.